The number of carbonyl (C=O) groups is 3. The second-order valence-electron chi connectivity index (χ2n) is 14.3. The molecule has 0 amide bonds. The maximum Gasteiger partial charge on any atom is 0.472 e. The monoisotopic (exact) mass is 826 g/mol. The average molecular weight is 826 g/mol. The van der Waals surface area contributed by atoms with Gasteiger partial charge in [0.05, 0.1) is 19.3 Å². The zero-order valence-corrected chi connectivity index (χ0v) is 35.9. The fourth-order valence-electron chi connectivity index (χ4n) is 5.33. The lowest BCUT2D eigenvalue weighted by Gasteiger charge is -2.20. The molecule has 328 valence electrons. The van der Waals surface area contributed by atoms with Crippen LogP contribution in [0.5, 0.6) is 0 Å². The molecule has 0 aliphatic carbocycles. The Bertz CT molecular complexity index is 1220. The Morgan fingerprint density at radius 3 is 1.67 bits per heavy atom. The maximum absolute atomic E-state index is 12.6. The third kappa shape index (κ3) is 38.4. The number of phosphoric acid groups is 1. The van der Waals surface area contributed by atoms with Crippen LogP contribution in [-0.2, 0) is 37.5 Å². The molecule has 0 spiro atoms. The molecule has 0 rings (SSSR count). The Morgan fingerprint density at radius 2 is 1.09 bits per heavy atom. The van der Waals surface area contributed by atoms with Crippen LogP contribution in [0.15, 0.2) is 60.8 Å². The molecule has 12 nitrogen and oxygen atoms in total. The van der Waals surface area contributed by atoms with Crippen LogP contribution >= 0.6 is 7.82 Å². The highest BCUT2D eigenvalue weighted by Crippen LogP contribution is 2.43. The van der Waals surface area contributed by atoms with E-state index < -0.39 is 51.1 Å². The summed E-state index contributed by atoms with van der Waals surface area (Å²) in [5, 5.41) is 18.4. The van der Waals surface area contributed by atoms with Crippen molar-refractivity contribution in [3.8, 4) is 0 Å². The molecule has 1 unspecified atom stereocenters. The van der Waals surface area contributed by atoms with E-state index in [0.29, 0.717) is 19.3 Å². The van der Waals surface area contributed by atoms with E-state index in [9.17, 15) is 28.9 Å². The summed E-state index contributed by atoms with van der Waals surface area (Å²) in [6.45, 7) is 2.43. The highest BCUT2D eigenvalue weighted by atomic mass is 31.2. The fourth-order valence-corrected chi connectivity index (χ4v) is 6.10. The van der Waals surface area contributed by atoms with Crippen molar-refractivity contribution >= 4 is 25.7 Å². The van der Waals surface area contributed by atoms with Gasteiger partial charge in [0.1, 0.15) is 12.6 Å². The number of hydrogen-bond donors (Lipinski definition) is 4. The van der Waals surface area contributed by atoms with Crippen molar-refractivity contribution in [1.29, 1.82) is 0 Å². The summed E-state index contributed by atoms with van der Waals surface area (Å²) in [6.07, 6.45) is 40.9. The van der Waals surface area contributed by atoms with Crippen molar-refractivity contribution in [2.45, 2.75) is 180 Å². The lowest BCUT2D eigenvalue weighted by molar-refractivity contribution is -0.161. The first-order valence-corrected chi connectivity index (χ1v) is 22.9. The van der Waals surface area contributed by atoms with Crippen LogP contribution in [0.3, 0.4) is 0 Å². The minimum absolute atomic E-state index is 0.0682. The molecule has 4 atom stereocenters. The number of aliphatic carboxylic acids is 1. The van der Waals surface area contributed by atoms with Gasteiger partial charge in [-0.2, -0.15) is 0 Å². The second-order valence-corrected chi connectivity index (χ2v) is 15.7. The zero-order valence-electron chi connectivity index (χ0n) is 35.0. The van der Waals surface area contributed by atoms with E-state index in [1.807, 2.05) is 19.1 Å². The minimum atomic E-state index is -4.74. The first kappa shape index (κ1) is 54.1. The number of nitrogens with two attached hydrogens (primary N) is 1. The van der Waals surface area contributed by atoms with Crippen LogP contribution < -0.4 is 5.73 Å². The normalized spacial score (nSPS) is 14.9. The van der Waals surface area contributed by atoms with Gasteiger partial charge in [-0.15, -0.1) is 0 Å². The number of carboxylic acid groups (broad SMARTS) is 1. The van der Waals surface area contributed by atoms with Crippen molar-refractivity contribution in [2.75, 3.05) is 19.8 Å². The van der Waals surface area contributed by atoms with E-state index in [1.165, 1.54) is 38.5 Å². The third-order valence-corrected chi connectivity index (χ3v) is 9.85. The van der Waals surface area contributed by atoms with E-state index in [0.717, 1.165) is 77.0 Å². The average Bonchev–Trinajstić information content (AvgIpc) is 3.19. The first-order chi connectivity index (χ1) is 27.5. The summed E-state index contributed by atoms with van der Waals surface area (Å²) in [4.78, 5) is 45.9. The molecule has 0 aromatic rings. The van der Waals surface area contributed by atoms with Crippen LogP contribution in [0, 0.1) is 0 Å². The van der Waals surface area contributed by atoms with Crippen molar-refractivity contribution in [3.63, 3.8) is 0 Å². The molecule has 0 saturated heterocycles. The molecule has 0 fully saturated rings. The molecule has 5 N–H and O–H groups in total. The highest BCUT2D eigenvalue weighted by Gasteiger charge is 2.28. The SMILES string of the molecule is CCCCCCCC/C=C\CCCCCCCC(=O)OC[C@H](COP(=O)(O)OC[C@H](N)C(=O)O)OC(=O)CCC/C=C\C/C=C\C/C=C\C/C=C\CC[C@H](O)CC. The summed E-state index contributed by atoms with van der Waals surface area (Å²) in [6, 6.07) is -1.54. The molecule has 0 aromatic carbocycles. The number of carboxylic acids is 1. The van der Waals surface area contributed by atoms with Gasteiger partial charge in [-0.1, -0.05) is 126 Å². The molecule has 0 aliphatic rings. The van der Waals surface area contributed by atoms with Crippen molar-refractivity contribution < 1.29 is 52.6 Å². The second kappa shape index (κ2) is 38.6. The summed E-state index contributed by atoms with van der Waals surface area (Å²) in [5.41, 5.74) is 5.32. The van der Waals surface area contributed by atoms with Gasteiger partial charge in [-0.25, -0.2) is 4.57 Å². The van der Waals surface area contributed by atoms with Crippen LogP contribution in [-0.4, -0.2) is 71.1 Å². The molecule has 0 aromatic heterocycles. The van der Waals surface area contributed by atoms with Crippen LogP contribution in [0.25, 0.3) is 0 Å². The topological polar surface area (TPSA) is 192 Å². The summed E-state index contributed by atoms with van der Waals surface area (Å²) < 4.78 is 32.6. The van der Waals surface area contributed by atoms with E-state index in [1.54, 1.807) is 0 Å². The van der Waals surface area contributed by atoms with Gasteiger partial charge in [-0.3, -0.25) is 23.4 Å². The highest BCUT2D eigenvalue weighted by molar-refractivity contribution is 7.47. The predicted octanol–water partition coefficient (Wildman–Crippen LogP) is 10.1. The summed E-state index contributed by atoms with van der Waals surface area (Å²) in [5.74, 6) is -2.49. The number of hydrogen-bond acceptors (Lipinski definition) is 10. The lowest BCUT2D eigenvalue weighted by atomic mass is 10.1. The van der Waals surface area contributed by atoms with Gasteiger partial charge in [-0.05, 0) is 83.5 Å². The Hall–Kier alpha value is -2.86. The number of aliphatic hydroxyl groups excluding tert-OH is 1. The van der Waals surface area contributed by atoms with Crippen molar-refractivity contribution in [1.82, 2.24) is 0 Å². The van der Waals surface area contributed by atoms with Crippen LogP contribution in [0.4, 0.5) is 0 Å². The fraction of sp³-hybridized carbons (Fsp3) is 0.705. The van der Waals surface area contributed by atoms with Gasteiger partial charge in [0.2, 0.25) is 0 Å². The molecule has 13 heteroatoms. The van der Waals surface area contributed by atoms with Crippen molar-refractivity contribution in [3.05, 3.63) is 60.8 Å². The Labute approximate surface area is 343 Å². The molecule has 0 radical (unpaired) electrons. The summed E-state index contributed by atoms with van der Waals surface area (Å²) in [7, 11) is -4.74. The number of aliphatic hydroxyl groups is 1. The molecule has 57 heavy (non-hydrogen) atoms. The Kier molecular flexibility index (Phi) is 36.7. The van der Waals surface area contributed by atoms with Crippen LogP contribution in [0.2, 0.25) is 0 Å². The largest absolute Gasteiger partial charge is 0.480 e. The van der Waals surface area contributed by atoms with Gasteiger partial charge >= 0.3 is 25.7 Å². The van der Waals surface area contributed by atoms with E-state index in [4.69, 9.17) is 24.8 Å². The number of phosphoric ester groups is 1. The van der Waals surface area contributed by atoms with Gasteiger partial charge in [0.25, 0.3) is 0 Å². The lowest BCUT2D eigenvalue weighted by Crippen LogP contribution is -2.34. The molecule has 0 saturated carbocycles. The number of carbonyl (C=O) groups excluding carboxylic acids is 2. The number of esters is 2. The zero-order chi connectivity index (χ0) is 42.2. The number of allylic oxidation sites excluding steroid dienone is 10. The Morgan fingerprint density at radius 1 is 0.614 bits per heavy atom. The van der Waals surface area contributed by atoms with Gasteiger partial charge in [0.15, 0.2) is 6.10 Å². The molecular weight excluding hydrogens is 749 g/mol. The first-order valence-electron chi connectivity index (χ1n) is 21.4. The summed E-state index contributed by atoms with van der Waals surface area (Å²) >= 11 is 0. The smallest absolute Gasteiger partial charge is 0.472 e. The van der Waals surface area contributed by atoms with E-state index in [-0.39, 0.29) is 25.6 Å². The quantitative estimate of drug-likeness (QED) is 0.0199. The molecular formula is C44H76NO11P. The number of ether oxygens (including phenoxy) is 2. The Balaban J connectivity index is 4.51. The standard InChI is InChI=1S/C44H76NO11P/c1-3-5-6-7-8-9-10-11-12-16-19-22-25-28-31-34-42(47)53-36-40(37-54-57(51,52)55-38-41(45)44(49)50)56-43(48)35-32-29-26-23-20-17-14-13-15-18-21-24-27-30-33-39(46)4-2/h11-12,14-15,17-18,23-24,26-27,39-41,46H,3-10,13,16,19-22,25,28-38,45H2,1-2H3,(H,49,50)(H,51,52)/b12-11-,17-14-,18-15-,26-23-,27-24-/t39-,40-,41+/m1/s1. The van der Waals surface area contributed by atoms with Crippen molar-refractivity contribution in [2.24, 2.45) is 5.73 Å². The molecule has 0 bridgehead atoms. The molecule has 0 aliphatic heterocycles. The minimum Gasteiger partial charge on any atom is -0.480 e. The van der Waals surface area contributed by atoms with Gasteiger partial charge < -0.3 is 30.3 Å². The van der Waals surface area contributed by atoms with Crippen LogP contribution in [0.1, 0.15) is 162 Å². The molecule has 0 heterocycles. The number of unbranched alkanes of at least 4 members (excludes halogenated alkanes) is 12. The number of rotatable bonds is 39. The van der Waals surface area contributed by atoms with Gasteiger partial charge in [0, 0.05) is 12.8 Å². The van der Waals surface area contributed by atoms with E-state index in [2.05, 4.69) is 60.1 Å². The maximum atomic E-state index is 12.6. The predicted molar refractivity (Wildman–Crippen MR) is 227 cm³/mol. The van der Waals surface area contributed by atoms with E-state index >= 15 is 0 Å². The third-order valence-electron chi connectivity index (χ3n) is 8.90.